The third kappa shape index (κ3) is 5.01. The summed E-state index contributed by atoms with van der Waals surface area (Å²) in [7, 11) is 0. The van der Waals surface area contributed by atoms with Crippen LogP contribution in [0.1, 0.15) is 38.2 Å². The lowest BCUT2D eigenvalue weighted by Gasteiger charge is -2.28. The monoisotopic (exact) mass is 456 g/mol. The molecule has 0 spiro atoms. The highest BCUT2D eigenvalue weighted by Gasteiger charge is 2.33. The number of carbonyl (C=O) groups excluding carboxylic acids is 1. The zero-order valence-corrected chi connectivity index (χ0v) is 15.6. The van der Waals surface area contributed by atoms with E-state index in [1.165, 1.54) is 3.57 Å². The second-order valence-corrected chi connectivity index (χ2v) is 7.08. The maximum absolute atomic E-state index is 12.3. The van der Waals surface area contributed by atoms with Gasteiger partial charge < -0.3 is 0 Å². The molecule has 0 bridgehead atoms. The predicted octanol–water partition coefficient (Wildman–Crippen LogP) is 5.31. The summed E-state index contributed by atoms with van der Waals surface area (Å²) in [6.45, 7) is 2.06. The van der Waals surface area contributed by atoms with Crippen LogP contribution < -0.4 is 0 Å². The van der Waals surface area contributed by atoms with E-state index in [2.05, 4.69) is 63.6 Å². The molecule has 106 valence electrons. The highest BCUT2D eigenvalue weighted by molar-refractivity contribution is 14.1. The average molecular weight is 458 g/mol. The first-order valence-electron chi connectivity index (χ1n) is 6.46. The van der Waals surface area contributed by atoms with Crippen molar-refractivity contribution in [3.05, 3.63) is 33.4 Å². The molecule has 1 unspecified atom stereocenters. The predicted molar refractivity (Wildman–Crippen MR) is 94.5 cm³/mol. The van der Waals surface area contributed by atoms with Crippen molar-refractivity contribution >= 4 is 55.9 Å². The van der Waals surface area contributed by atoms with Gasteiger partial charge in [-0.2, -0.15) is 0 Å². The minimum Gasteiger partial charge on any atom is -0.298 e. The molecule has 0 saturated heterocycles. The normalized spacial score (nSPS) is 14.1. The Balaban J connectivity index is 2.89. The summed E-state index contributed by atoms with van der Waals surface area (Å²) >= 11 is 11.3. The average Bonchev–Trinajstić information content (AvgIpc) is 2.42. The summed E-state index contributed by atoms with van der Waals surface area (Å²) in [4.78, 5) is 12.3. The van der Waals surface area contributed by atoms with Gasteiger partial charge in [0.05, 0.1) is 10.7 Å². The van der Waals surface area contributed by atoms with Crippen LogP contribution in [0.4, 0.5) is 0 Å². The van der Waals surface area contributed by atoms with Crippen LogP contribution in [0.2, 0.25) is 0 Å². The lowest BCUT2D eigenvalue weighted by Crippen LogP contribution is -2.33. The van der Waals surface area contributed by atoms with E-state index in [1.54, 1.807) is 0 Å². The Labute approximate surface area is 142 Å². The molecule has 0 heterocycles. The first-order chi connectivity index (χ1) is 9.04. The van der Waals surface area contributed by atoms with Crippen LogP contribution in [0.15, 0.2) is 24.3 Å². The standard InChI is InChI=1S/C15H19BrClIO/c1-15(14(19)11-16,8-3-2-4-9-17)12-6-5-7-13(18)10-12/h5-7,10H,2-4,8-9,11H2,1H3. The molecule has 0 aliphatic rings. The van der Waals surface area contributed by atoms with E-state index >= 15 is 0 Å². The number of hydrogen-bond donors (Lipinski definition) is 0. The number of alkyl halides is 2. The van der Waals surface area contributed by atoms with Crippen LogP contribution >= 0.6 is 50.1 Å². The molecule has 0 amide bonds. The molecular weight excluding hydrogens is 438 g/mol. The number of unbranched alkanes of at least 4 members (excludes halogenated alkanes) is 2. The topological polar surface area (TPSA) is 17.1 Å². The minimum atomic E-state index is -0.392. The molecule has 1 aromatic rings. The molecule has 0 aromatic heterocycles. The third-order valence-electron chi connectivity index (χ3n) is 3.51. The van der Waals surface area contributed by atoms with Gasteiger partial charge in [0, 0.05) is 9.45 Å². The largest absolute Gasteiger partial charge is 0.298 e. The van der Waals surface area contributed by atoms with E-state index in [-0.39, 0.29) is 5.78 Å². The molecule has 1 aromatic carbocycles. The van der Waals surface area contributed by atoms with Crippen LogP contribution in [-0.2, 0) is 10.2 Å². The molecule has 1 nitrogen and oxygen atoms in total. The van der Waals surface area contributed by atoms with Crippen LogP contribution in [0, 0.1) is 3.57 Å². The Morgan fingerprint density at radius 1 is 1.37 bits per heavy atom. The van der Waals surface area contributed by atoms with Crippen LogP contribution in [-0.4, -0.2) is 17.0 Å². The van der Waals surface area contributed by atoms with Crippen molar-refractivity contribution in [1.29, 1.82) is 0 Å². The lowest BCUT2D eigenvalue weighted by atomic mass is 9.75. The highest BCUT2D eigenvalue weighted by Crippen LogP contribution is 2.32. The van der Waals surface area contributed by atoms with Gasteiger partial charge in [0.15, 0.2) is 5.78 Å². The van der Waals surface area contributed by atoms with E-state index in [0.717, 1.165) is 31.2 Å². The second-order valence-electron chi connectivity index (χ2n) is 4.90. The quantitative estimate of drug-likeness (QED) is 0.294. The Kier molecular flexibility index (Phi) is 7.92. The molecule has 0 fully saturated rings. The summed E-state index contributed by atoms with van der Waals surface area (Å²) in [6.07, 6.45) is 4.02. The molecule has 1 atom stereocenters. The highest BCUT2D eigenvalue weighted by atomic mass is 127. The van der Waals surface area contributed by atoms with E-state index in [9.17, 15) is 4.79 Å². The summed E-state index contributed by atoms with van der Waals surface area (Å²) in [5, 5.41) is 0.407. The third-order valence-corrected chi connectivity index (χ3v) is 4.96. The molecule has 0 saturated carbocycles. The number of benzene rings is 1. The minimum absolute atomic E-state index is 0.250. The molecule has 4 heteroatoms. The summed E-state index contributed by atoms with van der Waals surface area (Å²) in [5.41, 5.74) is 0.728. The van der Waals surface area contributed by atoms with Crippen molar-refractivity contribution in [3.8, 4) is 0 Å². The Morgan fingerprint density at radius 2 is 2.11 bits per heavy atom. The van der Waals surface area contributed by atoms with Crippen molar-refractivity contribution in [2.45, 2.75) is 38.0 Å². The van der Waals surface area contributed by atoms with E-state index in [0.29, 0.717) is 11.2 Å². The van der Waals surface area contributed by atoms with Gasteiger partial charge in [-0.3, -0.25) is 4.79 Å². The van der Waals surface area contributed by atoms with Gasteiger partial charge in [-0.05, 0) is 60.1 Å². The molecule has 0 aliphatic heterocycles. The van der Waals surface area contributed by atoms with Crippen molar-refractivity contribution in [1.82, 2.24) is 0 Å². The fraction of sp³-hybridized carbons (Fsp3) is 0.533. The fourth-order valence-electron chi connectivity index (χ4n) is 2.17. The summed E-state index contributed by atoms with van der Waals surface area (Å²) in [6, 6.07) is 8.25. The van der Waals surface area contributed by atoms with Gasteiger partial charge in [-0.1, -0.05) is 40.9 Å². The van der Waals surface area contributed by atoms with Crippen molar-refractivity contribution in [3.63, 3.8) is 0 Å². The number of halogens is 3. The van der Waals surface area contributed by atoms with Crippen molar-refractivity contribution in [2.24, 2.45) is 0 Å². The van der Waals surface area contributed by atoms with Gasteiger partial charge >= 0.3 is 0 Å². The molecule has 19 heavy (non-hydrogen) atoms. The zero-order valence-electron chi connectivity index (χ0n) is 11.1. The van der Waals surface area contributed by atoms with Crippen LogP contribution in [0.25, 0.3) is 0 Å². The second kappa shape index (κ2) is 8.63. The Bertz CT molecular complexity index is 424. The summed E-state index contributed by atoms with van der Waals surface area (Å²) in [5.74, 6) is 0.951. The molecule has 0 aliphatic carbocycles. The van der Waals surface area contributed by atoms with Gasteiger partial charge in [0.25, 0.3) is 0 Å². The smallest absolute Gasteiger partial charge is 0.153 e. The lowest BCUT2D eigenvalue weighted by molar-refractivity contribution is -0.121. The maximum atomic E-state index is 12.3. The summed E-state index contributed by atoms with van der Waals surface area (Å²) < 4.78 is 1.17. The van der Waals surface area contributed by atoms with Crippen molar-refractivity contribution < 1.29 is 4.79 Å². The van der Waals surface area contributed by atoms with E-state index in [4.69, 9.17) is 11.6 Å². The van der Waals surface area contributed by atoms with Gasteiger partial charge in [-0.25, -0.2) is 0 Å². The Hall–Kier alpha value is 0.390. The van der Waals surface area contributed by atoms with Gasteiger partial charge in [0.2, 0.25) is 0 Å². The molecule has 1 rings (SSSR count). The van der Waals surface area contributed by atoms with Gasteiger partial charge in [0.1, 0.15) is 0 Å². The van der Waals surface area contributed by atoms with Gasteiger partial charge in [-0.15, -0.1) is 11.6 Å². The number of ketones is 1. The molecule has 0 N–H and O–H groups in total. The molecular formula is C15H19BrClIO. The van der Waals surface area contributed by atoms with E-state index < -0.39 is 5.41 Å². The van der Waals surface area contributed by atoms with E-state index in [1.807, 2.05) is 6.07 Å². The first kappa shape index (κ1) is 17.4. The number of Topliss-reactive ketones (excluding diaryl/α,β-unsaturated/α-hetero) is 1. The number of hydrogen-bond acceptors (Lipinski definition) is 1. The first-order valence-corrected chi connectivity index (χ1v) is 9.19. The zero-order chi connectivity index (χ0) is 14.3. The fourth-order valence-corrected chi connectivity index (χ4v) is 3.52. The van der Waals surface area contributed by atoms with Crippen LogP contribution in [0.5, 0.6) is 0 Å². The van der Waals surface area contributed by atoms with Crippen LogP contribution in [0.3, 0.4) is 0 Å². The Morgan fingerprint density at radius 3 is 2.68 bits per heavy atom. The SMILES string of the molecule is CC(CCCCCCl)(C(=O)CBr)c1cccc(I)c1. The number of carbonyl (C=O) groups is 1. The van der Waals surface area contributed by atoms with Crippen molar-refractivity contribution in [2.75, 3.05) is 11.2 Å². The molecule has 0 radical (unpaired) electrons. The maximum Gasteiger partial charge on any atom is 0.153 e. The number of rotatable bonds is 8.